The topological polar surface area (TPSA) is 19.4 Å². The minimum absolute atomic E-state index is 0.221. The SMILES string of the molecule is CC(C)N(C)C(C)N(C)C(C)C.CC(C)N(C)C(N(C)C(C)C)C(C)(C)C.CC(N(C)C(C)(C)C)N(C)C(C)(C)C. The lowest BCUT2D eigenvalue weighted by molar-refractivity contribution is -0.0320. The zero-order valence-corrected chi connectivity index (χ0v) is 33.2. The molecule has 0 amide bonds. The molecule has 0 aromatic carbocycles. The first-order valence-electron chi connectivity index (χ1n) is 16.3. The van der Waals surface area contributed by atoms with E-state index in [1.54, 1.807) is 0 Å². The lowest BCUT2D eigenvalue weighted by Gasteiger charge is -2.47. The minimum atomic E-state index is 0.221. The van der Waals surface area contributed by atoms with Crippen molar-refractivity contribution in [1.29, 1.82) is 0 Å². The van der Waals surface area contributed by atoms with Crippen molar-refractivity contribution in [2.45, 2.75) is 185 Å². The maximum absolute atomic E-state index is 2.46. The summed E-state index contributed by atoms with van der Waals surface area (Å²) in [5.41, 5.74) is 0.718. The van der Waals surface area contributed by atoms with Gasteiger partial charge in [0.25, 0.3) is 0 Å². The molecule has 0 fully saturated rings. The average molecular weight is 587 g/mol. The van der Waals surface area contributed by atoms with Gasteiger partial charge < -0.3 is 0 Å². The third-order valence-electron chi connectivity index (χ3n) is 9.22. The van der Waals surface area contributed by atoms with E-state index in [0.29, 0.717) is 42.7 Å². The van der Waals surface area contributed by atoms with Gasteiger partial charge in [-0.3, -0.25) is 29.4 Å². The predicted octanol–water partition coefficient (Wildman–Crippen LogP) is 7.84. The molecule has 0 heterocycles. The Morgan fingerprint density at radius 1 is 0.341 bits per heavy atom. The van der Waals surface area contributed by atoms with E-state index in [2.05, 4.69) is 203 Å². The van der Waals surface area contributed by atoms with Crippen LogP contribution in [-0.4, -0.2) is 125 Å². The number of hydrogen-bond acceptors (Lipinski definition) is 6. The summed E-state index contributed by atoms with van der Waals surface area (Å²) in [7, 11) is 13.2. The summed E-state index contributed by atoms with van der Waals surface area (Å²) in [6.45, 7) is 42.9. The molecule has 0 saturated carbocycles. The Bertz CT molecular complexity index is 605. The van der Waals surface area contributed by atoms with E-state index in [1.807, 2.05) is 0 Å². The van der Waals surface area contributed by atoms with Gasteiger partial charge in [-0.15, -0.1) is 0 Å². The van der Waals surface area contributed by atoms with Gasteiger partial charge in [-0.25, -0.2) is 0 Å². The first-order chi connectivity index (χ1) is 17.9. The summed E-state index contributed by atoms with van der Waals surface area (Å²) in [5, 5.41) is 0. The highest BCUT2D eigenvalue weighted by molar-refractivity contribution is 4.84. The molecule has 0 saturated heterocycles. The molecule has 0 atom stereocenters. The molecule has 41 heavy (non-hydrogen) atoms. The van der Waals surface area contributed by atoms with Crippen LogP contribution in [0.3, 0.4) is 0 Å². The highest BCUT2D eigenvalue weighted by Crippen LogP contribution is 2.28. The smallest absolute Gasteiger partial charge is 0.0671 e. The second-order valence-corrected chi connectivity index (χ2v) is 16.6. The van der Waals surface area contributed by atoms with Crippen molar-refractivity contribution in [3.05, 3.63) is 0 Å². The zero-order valence-electron chi connectivity index (χ0n) is 33.2. The Labute approximate surface area is 262 Å². The monoisotopic (exact) mass is 587 g/mol. The van der Waals surface area contributed by atoms with E-state index in [0.717, 1.165) is 0 Å². The Morgan fingerprint density at radius 2 is 0.561 bits per heavy atom. The van der Waals surface area contributed by atoms with Crippen LogP contribution in [-0.2, 0) is 0 Å². The van der Waals surface area contributed by atoms with Crippen molar-refractivity contribution in [2.75, 3.05) is 42.3 Å². The molecule has 0 aliphatic heterocycles. The van der Waals surface area contributed by atoms with Crippen LogP contribution in [0.4, 0.5) is 0 Å². The van der Waals surface area contributed by atoms with E-state index in [1.165, 1.54) is 0 Å². The summed E-state index contributed by atoms with van der Waals surface area (Å²) in [4.78, 5) is 14.5. The standard InChI is InChI=1S/C13H30N2.C12H28N2.C10H24N2/c1-10(2)14(8)12(13(5,6)7)15(9)11(3)4;1-10(13(8)11(2,3)4)14(9)12(5,6)7;1-8(2)11(6)10(5)12(7)9(3)4/h10-12H,1-9H3;10H,1-9H3;8-10H,1-7H3. The highest BCUT2D eigenvalue weighted by atomic mass is 15.4. The lowest BCUT2D eigenvalue weighted by Crippen LogP contribution is -2.56. The van der Waals surface area contributed by atoms with E-state index < -0.39 is 0 Å². The fourth-order valence-corrected chi connectivity index (χ4v) is 4.60. The van der Waals surface area contributed by atoms with Crippen LogP contribution in [0.15, 0.2) is 0 Å². The van der Waals surface area contributed by atoms with Gasteiger partial charge in [0.05, 0.1) is 18.5 Å². The summed E-state index contributed by atoms with van der Waals surface area (Å²) in [5.74, 6) is 0. The Kier molecular flexibility index (Phi) is 20.4. The molecule has 0 aliphatic carbocycles. The van der Waals surface area contributed by atoms with Crippen molar-refractivity contribution < 1.29 is 0 Å². The second kappa shape index (κ2) is 18.5. The van der Waals surface area contributed by atoms with Crippen molar-refractivity contribution >= 4 is 0 Å². The van der Waals surface area contributed by atoms with Gasteiger partial charge in [0.15, 0.2) is 0 Å². The van der Waals surface area contributed by atoms with E-state index in [9.17, 15) is 0 Å². The molecule has 0 aliphatic rings. The van der Waals surface area contributed by atoms with E-state index in [4.69, 9.17) is 0 Å². The van der Waals surface area contributed by atoms with Crippen LogP contribution >= 0.6 is 0 Å². The third-order valence-corrected chi connectivity index (χ3v) is 9.22. The van der Waals surface area contributed by atoms with E-state index in [-0.39, 0.29) is 16.5 Å². The molecule has 0 rings (SSSR count). The first-order valence-corrected chi connectivity index (χ1v) is 16.3. The Morgan fingerprint density at radius 3 is 0.707 bits per heavy atom. The summed E-state index contributed by atoms with van der Waals surface area (Å²) < 4.78 is 0. The molecule has 0 bridgehead atoms. The molecule has 0 aromatic heterocycles. The summed E-state index contributed by atoms with van der Waals surface area (Å²) in [6, 6.07) is 2.38. The molecule has 0 spiro atoms. The molecular formula is C35H82N6. The first kappa shape index (κ1) is 45.2. The molecule has 6 heteroatoms. The number of nitrogens with zero attached hydrogens (tertiary/aromatic N) is 6. The van der Waals surface area contributed by atoms with Crippen LogP contribution in [0.5, 0.6) is 0 Å². The maximum atomic E-state index is 2.46. The van der Waals surface area contributed by atoms with Crippen molar-refractivity contribution in [1.82, 2.24) is 29.4 Å². The summed E-state index contributed by atoms with van der Waals surface area (Å²) in [6.07, 6.45) is 1.46. The van der Waals surface area contributed by atoms with Gasteiger partial charge in [-0.1, -0.05) is 20.8 Å². The molecule has 0 radical (unpaired) electrons. The fraction of sp³-hybridized carbons (Fsp3) is 1.00. The number of rotatable bonds is 10. The maximum Gasteiger partial charge on any atom is 0.0671 e. The molecule has 0 unspecified atom stereocenters. The second-order valence-electron chi connectivity index (χ2n) is 16.6. The molecule has 6 nitrogen and oxygen atoms in total. The molecule has 0 N–H and O–H groups in total. The van der Waals surface area contributed by atoms with Gasteiger partial charge >= 0.3 is 0 Å². The van der Waals surface area contributed by atoms with Crippen molar-refractivity contribution in [3.8, 4) is 0 Å². The molecular weight excluding hydrogens is 504 g/mol. The van der Waals surface area contributed by atoms with Crippen LogP contribution in [0, 0.1) is 5.41 Å². The lowest BCUT2D eigenvalue weighted by atomic mass is 9.89. The van der Waals surface area contributed by atoms with Gasteiger partial charge in [0, 0.05) is 35.2 Å². The van der Waals surface area contributed by atoms with Crippen LogP contribution < -0.4 is 0 Å². The largest absolute Gasteiger partial charge is 0.289 e. The van der Waals surface area contributed by atoms with Crippen molar-refractivity contribution in [3.63, 3.8) is 0 Å². The third kappa shape index (κ3) is 17.0. The quantitative estimate of drug-likeness (QED) is 0.241. The van der Waals surface area contributed by atoms with Gasteiger partial charge in [0.2, 0.25) is 0 Å². The van der Waals surface area contributed by atoms with Crippen LogP contribution in [0.1, 0.15) is 132 Å². The molecule has 0 aromatic rings. The fourth-order valence-electron chi connectivity index (χ4n) is 4.60. The summed E-state index contributed by atoms with van der Waals surface area (Å²) >= 11 is 0. The zero-order chi connectivity index (χ0) is 34.0. The predicted molar refractivity (Wildman–Crippen MR) is 189 cm³/mol. The van der Waals surface area contributed by atoms with Gasteiger partial charge in [0.1, 0.15) is 0 Å². The van der Waals surface area contributed by atoms with E-state index >= 15 is 0 Å². The Balaban J connectivity index is -0.000000532. The minimum Gasteiger partial charge on any atom is -0.289 e. The molecule has 252 valence electrons. The van der Waals surface area contributed by atoms with Gasteiger partial charge in [-0.2, -0.15) is 0 Å². The number of hydrogen-bond donors (Lipinski definition) is 0. The van der Waals surface area contributed by atoms with Crippen LogP contribution in [0.2, 0.25) is 0 Å². The highest BCUT2D eigenvalue weighted by Gasteiger charge is 2.34. The van der Waals surface area contributed by atoms with Crippen molar-refractivity contribution in [2.24, 2.45) is 5.41 Å². The average Bonchev–Trinajstić information content (AvgIpc) is 2.79. The Hall–Kier alpha value is -0.240. The normalized spacial score (nSPS) is 13.9. The van der Waals surface area contributed by atoms with Crippen LogP contribution in [0.25, 0.3) is 0 Å². The van der Waals surface area contributed by atoms with Gasteiger partial charge in [-0.05, 0) is 158 Å².